The van der Waals surface area contributed by atoms with Crippen molar-refractivity contribution in [2.24, 2.45) is 0 Å². The molecular weight excluding hydrogens is 224 g/mol. The first-order valence-corrected chi connectivity index (χ1v) is 6.47. The maximum absolute atomic E-state index is 11.0. The van der Waals surface area contributed by atoms with Crippen LogP contribution < -0.4 is 4.72 Å². The minimum absolute atomic E-state index is 0.492. The van der Waals surface area contributed by atoms with E-state index in [1.165, 1.54) is 0 Å². The van der Waals surface area contributed by atoms with Gasteiger partial charge >= 0.3 is 0 Å². The summed E-state index contributed by atoms with van der Waals surface area (Å²) >= 11 is 0. The van der Waals surface area contributed by atoms with E-state index in [0.717, 1.165) is 11.8 Å². The lowest BCUT2D eigenvalue weighted by Gasteiger charge is -2.04. The molecule has 0 bridgehead atoms. The molecule has 0 saturated heterocycles. The van der Waals surface area contributed by atoms with Gasteiger partial charge < -0.3 is 0 Å². The van der Waals surface area contributed by atoms with Gasteiger partial charge in [0.05, 0.1) is 12.8 Å². The predicted molar refractivity (Wildman–Crippen MR) is 65.2 cm³/mol. The van der Waals surface area contributed by atoms with E-state index in [-0.39, 0.29) is 0 Å². The number of nitrogens with zero attached hydrogens (tertiary/aromatic N) is 1. The molecule has 0 atom stereocenters. The van der Waals surface area contributed by atoms with E-state index in [2.05, 4.69) is 9.57 Å². The largest absolute Gasteiger partial charge is 0.284 e. The molecule has 0 saturated carbocycles. The Hall–Kier alpha value is -1.80. The SMILES string of the molecule is [C-]#[N+]/C(=C\C)c1ccc(NS(C)(=O)=O)cc1. The Morgan fingerprint density at radius 1 is 1.38 bits per heavy atom. The maximum atomic E-state index is 11.0. The van der Waals surface area contributed by atoms with Crippen LogP contribution >= 0.6 is 0 Å². The molecule has 0 unspecified atom stereocenters. The number of sulfonamides is 1. The van der Waals surface area contributed by atoms with E-state index in [0.29, 0.717) is 11.4 Å². The van der Waals surface area contributed by atoms with Crippen molar-refractivity contribution in [3.05, 3.63) is 47.3 Å². The highest BCUT2D eigenvalue weighted by Gasteiger charge is 2.03. The number of hydrogen-bond acceptors (Lipinski definition) is 2. The fraction of sp³-hybridized carbons (Fsp3) is 0.182. The predicted octanol–water partition coefficient (Wildman–Crippen LogP) is 2.34. The first kappa shape index (κ1) is 12.3. The highest BCUT2D eigenvalue weighted by atomic mass is 32.2. The van der Waals surface area contributed by atoms with Crippen LogP contribution in [0.5, 0.6) is 0 Å². The molecule has 5 heteroatoms. The first-order valence-electron chi connectivity index (χ1n) is 4.58. The Morgan fingerprint density at radius 2 is 1.94 bits per heavy atom. The standard InChI is InChI=1S/C11H12N2O2S/c1-4-11(12-2)9-5-7-10(8-6-9)13-16(3,14)15/h4-8,13H,1,3H3/b11-4-. The van der Waals surface area contributed by atoms with Crippen LogP contribution in [0.1, 0.15) is 12.5 Å². The zero-order valence-electron chi connectivity index (χ0n) is 9.06. The first-order chi connectivity index (χ1) is 7.46. The van der Waals surface area contributed by atoms with Gasteiger partial charge in [0, 0.05) is 5.69 Å². The van der Waals surface area contributed by atoms with Gasteiger partial charge in [-0.3, -0.25) is 4.72 Å². The zero-order valence-corrected chi connectivity index (χ0v) is 9.88. The Bertz CT molecular complexity index is 536. The van der Waals surface area contributed by atoms with Crippen LogP contribution in [0.25, 0.3) is 10.5 Å². The van der Waals surface area contributed by atoms with Crippen molar-refractivity contribution in [1.82, 2.24) is 0 Å². The second-order valence-electron chi connectivity index (χ2n) is 3.24. The molecule has 0 aliphatic heterocycles. The molecule has 0 fully saturated rings. The molecule has 1 N–H and O–H groups in total. The highest BCUT2D eigenvalue weighted by molar-refractivity contribution is 7.92. The van der Waals surface area contributed by atoms with E-state index in [9.17, 15) is 8.42 Å². The van der Waals surface area contributed by atoms with Gasteiger partial charge in [-0.15, -0.1) is 0 Å². The quantitative estimate of drug-likeness (QED) is 0.819. The normalized spacial score (nSPS) is 11.9. The molecule has 0 aromatic heterocycles. The molecule has 1 aromatic carbocycles. The third kappa shape index (κ3) is 3.41. The average molecular weight is 236 g/mol. The molecule has 1 rings (SSSR count). The Morgan fingerprint density at radius 3 is 2.31 bits per heavy atom. The molecular formula is C11H12N2O2S. The van der Waals surface area contributed by atoms with Gasteiger partial charge in [0.15, 0.2) is 5.70 Å². The van der Waals surface area contributed by atoms with Gasteiger partial charge in [-0.25, -0.2) is 13.3 Å². The molecule has 84 valence electrons. The van der Waals surface area contributed by atoms with Crippen LogP contribution in [0.3, 0.4) is 0 Å². The average Bonchev–Trinajstić information content (AvgIpc) is 2.20. The minimum atomic E-state index is -3.25. The van der Waals surface area contributed by atoms with Crippen LogP contribution in [0.15, 0.2) is 30.3 Å². The zero-order chi connectivity index (χ0) is 12.2. The van der Waals surface area contributed by atoms with Crippen LogP contribution in [-0.2, 0) is 10.0 Å². The fourth-order valence-electron chi connectivity index (χ4n) is 1.22. The van der Waals surface area contributed by atoms with Crippen molar-refractivity contribution >= 4 is 21.4 Å². The Balaban J connectivity index is 2.97. The van der Waals surface area contributed by atoms with Gasteiger partial charge in [-0.1, -0.05) is 25.1 Å². The van der Waals surface area contributed by atoms with Gasteiger partial charge in [0.25, 0.3) is 0 Å². The number of hydrogen-bond donors (Lipinski definition) is 1. The summed E-state index contributed by atoms with van der Waals surface area (Å²) in [5.74, 6) is 0. The second kappa shape index (κ2) is 4.81. The molecule has 1 aromatic rings. The fourth-order valence-corrected chi connectivity index (χ4v) is 1.78. The molecule has 4 nitrogen and oxygen atoms in total. The van der Waals surface area contributed by atoms with Crippen LogP contribution in [0, 0.1) is 6.57 Å². The van der Waals surface area contributed by atoms with Crippen molar-refractivity contribution in [3.63, 3.8) is 0 Å². The van der Waals surface area contributed by atoms with Crippen molar-refractivity contribution in [1.29, 1.82) is 0 Å². The third-order valence-electron chi connectivity index (χ3n) is 1.88. The monoisotopic (exact) mass is 236 g/mol. The summed E-state index contributed by atoms with van der Waals surface area (Å²) < 4.78 is 24.3. The summed E-state index contributed by atoms with van der Waals surface area (Å²) in [6.07, 6.45) is 2.81. The van der Waals surface area contributed by atoms with Crippen LogP contribution in [0.4, 0.5) is 5.69 Å². The van der Waals surface area contributed by atoms with Crippen LogP contribution in [0.2, 0.25) is 0 Å². The minimum Gasteiger partial charge on any atom is -0.284 e. The van der Waals surface area contributed by atoms with Crippen molar-refractivity contribution in [2.75, 3.05) is 11.0 Å². The molecule has 0 heterocycles. The second-order valence-corrected chi connectivity index (χ2v) is 4.99. The van der Waals surface area contributed by atoms with Gasteiger partial charge in [-0.2, -0.15) is 0 Å². The van der Waals surface area contributed by atoms with Crippen LogP contribution in [-0.4, -0.2) is 14.7 Å². The lowest BCUT2D eigenvalue weighted by molar-refractivity contribution is 0.607. The van der Waals surface area contributed by atoms with E-state index in [1.807, 2.05) is 0 Å². The number of benzene rings is 1. The molecule has 0 aliphatic rings. The third-order valence-corrected chi connectivity index (χ3v) is 2.48. The van der Waals surface area contributed by atoms with E-state index < -0.39 is 10.0 Å². The number of anilines is 1. The van der Waals surface area contributed by atoms with Gasteiger partial charge in [-0.05, 0) is 17.7 Å². The summed E-state index contributed by atoms with van der Waals surface area (Å²) in [4.78, 5) is 3.35. The highest BCUT2D eigenvalue weighted by Crippen LogP contribution is 2.18. The molecule has 0 aliphatic carbocycles. The van der Waals surface area contributed by atoms with E-state index in [1.54, 1.807) is 37.3 Å². The summed E-state index contributed by atoms with van der Waals surface area (Å²) in [6, 6.07) is 6.68. The van der Waals surface area contributed by atoms with Gasteiger partial charge in [0.1, 0.15) is 0 Å². The summed E-state index contributed by atoms with van der Waals surface area (Å²) in [7, 11) is -3.25. The topological polar surface area (TPSA) is 50.5 Å². The van der Waals surface area contributed by atoms with E-state index >= 15 is 0 Å². The van der Waals surface area contributed by atoms with Crippen molar-refractivity contribution < 1.29 is 8.42 Å². The molecule has 0 spiro atoms. The molecule has 16 heavy (non-hydrogen) atoms. The maximum Gasteiger partial charge on any atom is 0.229 e. The smallest absolute Gasteiger partial charge is 0.229 e. The van der Waals surface area contributed by atoms with Crippen molar-refractivity contribution in [3.8, 4) is 0 Å². The number of nitrogens with one attached hydrogen (secondary N) is 1. The van der Waals surface area contributed by atoms with E-state index in [4.69, 9.17) is 6.57 Å². The van der Waals surface area contributed by atoms with Gasteiger partial charge in [0.2, 0.25) is 10.0 Å². The Kier molecular flexibility index (Phi) is 3.69. The molecule has 0 radical (unpaired) electrons. The number of rotatable bonds is 3. The molecule has 0 amide bonds. The summed E-state index contributed by atoms with van der Waals surface area (Å²) in [5, 5.41) is 0. The summed E-state index contributed by atoms with van der Waals surface area (Å²) in [5.41, 5.74) is 1.81. The Labute approximate surface area is 95.5 Å². The van der Waals surface area contributed by atoms with Crippen molar-refractivity contribution in [2.45, 2.75) is 6.92 Å². The lowest BCUT2D eigenvalue weighted by atomic mass is 10.1. The summed E-state index contributed by atoms with van der Waals surface area (Å²) in [6.45, 7) is 8.73. The lowest BCUT2D eigenvalue weighted by Crippen LogP contribution is -2.09. The number of allylic oxidation sites excluding steroid dienone is 1.